The van der Waals surface area contributed by atoms with Gasteiger partial charge >= 0.3 is 0 Å². The zero-order valence-corrected chi connectivity index (χ0v) is 11.5. The van der Waals surface area contributed by atoms with Crippen LogP contribution in [-0.4, -0.2) is 29.8 Å². The number of hydrogen-bond acceptors (Lipinski definition) is 5. The van der Waals surface area contributed by atoms with Crippen LogP contribution in [0.25, 0.3) is 22.2 Å². The second-order valence-electron chi connectivity index (χ2n) is 5.08. The van der Waals surface area contributed by atoms with Gasteiger partial charge in [-0.15, -0.1) is 0 Å². The van der Waals surface area contributed by atoms with Gasteiger partial charge in [-0.25, -0.2) is 0 Å². The van der Waals surface area contributed by atoms with Gasteiger partial charge < -0.3 is 14.6 Å². The molecular weight excluding hydrogens is 266 g/mol. The minimum atomic E-state index is -0.152. The zero-order valence-electron chi connectivity index (χ0n) is 11.5. The van der Waals surface area contributed by atoms with E-state index in [0.29, 0.717) is 24.9 Å². The maximum atomic E-state index is 5.62. The molecule has 1 aromatic heterocycles. The first-order valence-corrected chi connectivity index (χ1v) is 7.05. The van der Waals surface area contributed by atoms with Gasteiger partial charge in [-0.3, -0.25) is 0 Å². The Morgan fingerprint density at radius 3 is 2.86 bits per heavy atom. The highest BCUT2D eigenvalue weighted by Gasteiger charge is 2.22. The Morgan fingerprint density at radius 2 is 2.00 bits per heavy atom. The Balaban J connectivity index is 1.67. The molecule has 1 aliphatic heterocycles. The highest BCUT2D eigenvalue weighted by molar-refractivity contribution is 5.86. The number of nitrogens with one attached hydrogen (secondary N) is 1. The highest BCUT2D eigenvalue weighted by atomic mass is 16.5. The van der Waals surface area contributed by atoms with E-state index in [9.17, 15) is 0 Å². The van der Waals surface area contributed by atoms with Crippen LogP contribution in [0, 0.1) is 0 Å². The third-order valence-corrected chi connectivity index (χ3v) is 3.65. The summed E-state index contributed by atoms with van der Waals surface area (Å²) in [6, 6.07) is 14.4. The molecule has 0 radical (unpaired) electrons. The van der Waals surface area contributed by atoms with E-state index in [-0.39, 0.29) is 6.10 Å². The number of nitrogens with zero attached hydrogens (tertiary/aromatic N) is 2. The van der Waals surface area contributed by atoms with Crippen LogP contribution < -0.4 is 5.32 Å². The molecule has 0 saturated carbocycles. The van der Waals surface area contributed by atoms with Gasteiger partial charge in [-0.05, 0) is 16.8 Å². The van der Waals surface area contributed by atoms with Crippen LogP contribution in [0.2, 0.25) is 0 Å². The Kier molecular flexibility index (Phi) is 3.14. The number of ether oxygens (including phenoxy) is 1. The Hall–Kier alpha value is -2.24. The third-order valence-electron chi connectivity index (χ3n) is 3.65. The predicted octanol–water partition coefficient (Wildman–Crippen LogP) is 2.55. The molecule has 5 heteroatoms. The number of fused-ring (bicyclic) bond motifs is 1. The molecule has 1 unspecified atom stereocenters. The molecule has 1 aliphatic rings. The number of aromatic nitrogens is 2. The van der Waals surface area contributed by atoms with Crippen LogP contribution in [-0.2, 0) is 4.74 Å². The quantitative estimate of drug-likeness (QED) is 0.782. The van der Waals surface area contributed by atoms with E-state index in [1.165, 1.54) is 5.39 Å². The van der Waals surface area contributed by atoms with Crippen molar-refractivity contribution >= 4 is 10.8 Å². The normalized spacial score (nSPS) is 19.0. The Labute approximate surface area is 121 Å². The van der Waals surface area contributed by atoms with Crippen molar-refractivity contribution in [3.63, 3.8) is 0 Å². The molecule has 106 valence electrons. The molecule has 2 heterocycles. The van der Waals surface area contributed by atoms with Crippen molar-refractivity contribution in [3.05, 3.63) is 48.4 Å². The average molecular weight is 281 g/mol. The second-order valence-corrected chi connectivity index (χ2v) is 5.08. The van der Waals surface area contributed by atoms with Crippen molar-refractivity contribution in [2.75, 3.05) is 19.7 Å². The van der Waals surface area contributed by atoms with Crippen molar-refractivity contribution < 1.29 is 9.26 Å². The molecule has 21 heavy (non-hydrogen) atoms. The van der Waals surface area contributed by atoms with E-state index in [2.05, 4.69) is 39.7 Å². The Bertz CT molecular complexity index is 763. The van der Waals surface area contributed by atoms with Crippen molar-refractivity contribution in [2.24, 2.45) is 0 Å². The fourth-order valence-corrected chi connectivity index (χ4v) is 2.54. The molecule has 1 fully saturated rings. The van der Waals surface area contributed by atoms with Gasteiger partial charge in [-0.2, -0.15) is 4.98 Å². The second kappa shape index (κ2) is 5.27. The smallest absolute Gasteiger partial charge is 0.257 e. The minimum Gasteiger partial charge on any atom is -0.366 e. The van der Waals surface area contributed by atoms with Crippen molar-refractivity contribution in [1.29, 1.82) is 0 Å². The van der Waals surface area contributed by atoms with E-state index in [4.69, 9.17) is 9.26 Å². The minimum absolute atomic E-state index is 0.152. The van der Waals surface area contributed by atoms with Crippen LogP contribution >= 0.6 is 0 Å². The molecule has 4 rings (SSSR count). The molecule has 3 aromatic rings. The first kappa shape index (κ1) is 12.5. The Morgan fingerprint density at radius 1 is 1.10 bits per heavy atom. The number of benzene rings is 2. The van der Waals surface area contributed by atoms with Gasteiger partial charge in [0.25, 0.3) is 5.89 Å². The molecule has 0 spiro atoms. The average Bonchev–Trinajstić information content (AvgIpc) is 3.05. The summed E-state index contributed by atoms with van der Waals surface area (Å²) in [5.41, 5.74) is 0.951. The van der Waals surface area contributed by atoms with Crippen LogP contribution in [0.1, 0.15) is 12.0 Å². The van der Waals surface area contributed by atoms with Crippen molar-refractivity contribution in [3.8, 4) is 11.4 Å². The van der Waals surface area contributed by atoms with E-state index >= 15 is 0 Å². The van der Waals surface area contributed by atoms with Gasteiger partial charge in [0.2, 0.25) is 5.82 Å². The van der Waals surface area contributed by atoms with Crippen LogP contribution in [0.4, 0.5) is 0 Å². The molecular formula is C16H15N3O2. The van der Waals surface area contributed by atoms with Gasteiger partial charge in [0.05, 0.1) is 6.61 Å². The molecule has 1 N–H and O–H groups in total. The fourth-order valence-electron chi connectivity index (χ4n) is 2.54. The third kappa shape index (κ3) is 2.41. The molecule has 0 aliphatic carbocycles. The molecule has 5 nitrogen and oxygen atoms in total. The first-order chi connectivity index (χ1) is 10.4. The van der Waals surface area contributed by atoms with E-state index in [0.717, 1.165) is 17.5 Å². The molecule has 0 bridgehead atoms. The van der Waals surface area contributed by atoms with E-state index in [1.54, 1.807) is 0 Å². The lowest BCUT2D eigenvalue weighted by molar-refractivity contribution is 0.00755. The summed E-state index contributed by atoms with van der Waals surface area (Å²) in [5, 5.41) is 9.69. The van der Waals surface area contributed by atoms with Crippen LogP contribution in [0.15, 0.2) is 47.0 Å². The standard InChI is InChI=1S/C16H15N3O2/c1-2-4-12-9-13(6-5-11(12)3-1)15-18-16(21-19-15)14-10-17-7-8-20-14/h1-6,9,14,17H,7-8,10H2. The largest absolute Gasteiger partial charge is 0.366 e. The van der Waals surface area contributed by atoms with Gasteiger partial charge in [0.15, 0.2) is 0 Å². The monoisotopic (exact) mass is 281 g/mol. The molecule has 1 atom stereocenters. The molecule has 2 aromatic carbocycles. The molecule has 0 amide bonds. The lowest BCUT2D eigenvalue weighted by Gasteiger charge is -2.19. The summed E-state index contributed by atoms with van der Waals surface area (Å²) < 4.78 is 11.0. The predicted molar refractivity (Wildman–Crippen MR) is 78.8 cm³/mol. The molecule has 1 saturated heterocycles. The highest BCUT2D eigenvalue weighted by Crippen LogP contribution is 2.24. The summed E-state index contributed by atoms with van der Waals surface area (Å²) in [7, 11) is 0. The summed E-state index contributed by atoms with van der Waals surface area (Å²) in [6.07, 6.45) is -0.152. The lowest BCUT2D eigenvalue weighted by Crippen LogP contribution is -2.33. The van der Waals surface area contributed by atoms with E-state index < -0.39 is 0 Å². The van der Waals surface area contributed by atoms with Crippen molar-refractivity contribution in [1.82, 2.24) is 15.5 Å². The number of morpholine rings is 1. The maximum absolute atomic E-state index is 5.62. The number of rotatable bonds is 2. The maximum Gasteiger partial charge on any atom is 0.257 e. The lowest BCUT2D eigenvalue weighted by atomic mass is 10.1. The summed E-state index contributed by atoms with van der Waals surface area (Å²) in [5.74, 6) is 1.13. The van der Waals surface area contributed by atoms with Crippen molar-refractivity contribution in [2.45, 2.75) is 6.10 Å². The van der Waals surface area contributed by atoms with E-state index in [1.807, 2.05) is 18.2 Å². The topological polar surface area (TPSA) is 60.2 Å². The zero-order chi connectivity index (χ0) is 14.1. The first-order valence-electron chi connectivity index (χ1n) is 7.05. The van der Waals surface area contributed by atoms with Gasteiger partial charge in [-0.1, -0.05) is 41.6 Å². The fraction of sp³-hybridized carbons (Fsp3) is 0.250. The van der Waals surface area contributed by atoms with Crippen LogP contribution in [0.5, 0.6) is 0 Å². The SMILES string of the molecule is c1ccc2cc(-c3noc(C4CNCCO4)n3)ccc2c1. The van der Waals surface area contributed by atoms with Crippen LogP contribution in [0.3, 0.4) is 0 Å². The van der Waals surface area contributed by atoms with Gasteiger partial charge in [0.1, 0.15) is 6.10 Å². The summed E-state index contributed by atoms with van der Waals surface area (Å²) in [4.78, 5) is 4.47. The summed E-state index contributed by atoms with van der Waals surface area (Å²) >= 11 is 0. The van der Waals surface area contributed by atoms with Gasteiger partial charge in [0, 0.05) is 18.7 Å². The summed E-state index contributed by atoms with van der Waals surface area (Å²) in [6.45, 7) is 2.24. The number of hydrogen-bond donors (Lipinski definition) is 1.